The molecule has 0 aromatic heterocycles. The van der Waals surface area contributed by atoms with E-state index in [2.05, 4.69) is 11.9 Å². The Labute approximate surface area is 118 Å². The number of hydrogen-bond donors (Lipinski definition) is 2. The quantitative estimate of drug-likeness (QED) is 0.751. The van der Waals surface area contributed by atoms with Crippen molar-refractivity contribution in [1.29, 1.82) is 0 Å². The number of aliphatic carboxylic acids is 1. The van der Waals surface area contributed by atoms with Crippen molar-refractivity contribution >= 4 is 17.6 Å². The van der Waals surface area contributed by atoms with E-state index in [-0.39, 0.29) is 18.4 Å². The molecule has 1 amide bonds. The number of rotatable bonds is 7. The molecule has 108 valence electrons. The minimum absolute atomic E-state index is 0.0767. The van der Waals surface area contributed by atoms with Gasteiger partial charge in [0.1, 0.15) is 5.75 Å². The Morgan fingerprint density at radius 3 is 2.45 bits per heavy atom. The second-order valence-electron chi connectivity index (χ2n) is 4.76. The minimum Gasteiger partial charge on any atom is -0.482 e. The standard InChI is InChI=1S/C15H19NO4/c1-10(2)8-11(3)15(19)16-12-4-6-13(7-5-12)20-9-14(17)18/h4-7,11H,1,8-9H2,2-3H3,(H,16,19)(H,17,18). The predicted molar refractivity (Wildman–Crippen MR) is 76.8 cm³/mol. The number of carbonyl (C=O) groups is 2. The first kappa shape index (κ1) is 15.8. The van der Waals surface area contributed by atoms with E-state index >= 15 is 0 Å². The van der Waals surface area contributed by atoms with E-state index in [0.29, 0.717) is 17.9 Å². The first-order valence-electron chi connectivity index (χ1n) is 6.28. The molecular formula is C15H19NO4. The van der Waals surface area contributed by atoms with Gasteiger partial charge in [-0.05, 0) is 37.6 Å². The SMILES string of the molecule is C=C(C)CC(C)C(=O)Nc1ccc(OCC(=O)O)cc1. The molecule has 20 heavy (non-hydrogen) atoms. The van der Waals surface area contributed by atoms with Crippen LogP contribution in [0.15, 0.2) is 36.4 Å². The summed E-state index contributed by atoms with van der Waals surface area (Å²) in [5.74, 6) is -0.806. The molecule has 1 aromatic carbocycles. The number of amides is 1. The molecule has 0 spiro atoms. The van der Waals surface area contributed by atoms with Gasteiger partial charge < -0.3 is 15.2 Å². The molecule has 0 aliphatic carbocycles. The average molecular weight is 277 g/mol. The minimum atomic E-state index is -1.03. The molecule has 1 atom stereocenters. The van der Waals surface area contributed by atoms with E-state index in [1.165, 1.54) is 0 Å². The number of carbonyl (C=O) groups excluding carboxylic acids is 1. The van der Waals surface area contributed by atoms with Crippen LogP contribution in [0.2, 0.25) is 0 Å². The normalized spacial score (nSPS) is 11.5. The lowest BCUT2D eigenvalue weighted by atomic mass is 10.0. The van der Waals surface area contributed by atoms with Crippen LogP contribution in [-0.4, -0.2) is 23.6 Å². The van der Waals surface area contributed by atoms with Crippen molar-refractivity contribution in [2.45, 2.75) is 20.3 Å². The van der Waals surface area contributed by atoms with Gasteiger partial charge in [-0.2, -0.15) is 0 Å². The van der Waals surface area contributed by atoms with Crippen molar-refractivity contribution in [3.63, 3.8) is 0 Å². The summed E-state index contributed by atoms with van der Waals surface area (Å²) in [6.07, 6.45) is 0.644. The van der Waals surface area contributed by atoms with E-state index in [1.54, 1.807) is 24.3 Å². The van der Waals surface area contributed by atoms with Gasteiger partial charge in [0.15, 0.2) is 6.61 Å². The maximum Gasteiger partial charge on any atom is 0.341 e. The van der Waals surface area contributed by atoms with Gasteiger partial charge in [-0.3, -0.25) is 4.79 Å². The number of anilines is 1. The molecular weight excluding hydrogens is 258 g/mol. The van der Waals surface area contributed by atoms with Gasteiger partial charge in [-0.25, -0.2) is 4.79 Å². The third kappa shape index (κ3) is 5.56. The zero-order valence-corrected chi connectivity index (χ0v) is 11.7. The number of benzene rings is 1. The van der Waals surface area contributed by atoms with Gasteiger partial charge in [-0.1, -0.05) is 12.5 Å². The Kier molecular flexibility index (Phi) is 5.77. The van der Waals surface area contributed by atoms with Gasteiger partial charge in [0, 0.05) is 11.6 Å². The molecule has 1 rings (SSSR count). The fourth-order valence-corrected chi connectivity index (χ4v) is 1.66. The molecule has 0 aliphatic rings. The van der Waals surface area contributed by atoms with Crippen LogP contribution in [0.4, 0.5) is 5.69 Å². The second kappa shape index (κ2) is 7.33. The van der Waals surface area contributed by atoms with Gasteiger partial charge >= 0.3 is 5.97 Å². The summed E-state index contributed by atoms with van der Waals surface area (Å²) in [5.41, 5.74) is 1.61. The zero-order chi connectivity index (χ0) is 15.1. The summed E-state index contributed by atoms with van der Waals surface area (Å²) in [6, 6.07) is 6.56. The molecule has 1 unspecified atom stereocenters. The van der Waals surface area contributed by atoms with Crippen molar-refractivity contribution in [3.05, 3.63) is 36.4 Å². The molecule has 0 radical (unpaired) electrons. The molecule has 1 aromatic rings. The average Bonchev–Trinajstić information content (AvgIpc) is 2.37. The number of carboxylic acids is 1. The Balaban J connectivity index is 2.54. The summed E-state index contributed by atoms with van der Waals surface area (Å²) < 4.78 is 5.00. The largest absolute Gasteiger partial charge is 0.482 e. The summed E-state index contributed by atoms with van der Waals surface area (Å²) in [6.45, 7) is 7.13. The van der Waals surface area contributed by atoms with Crippen LogP contribution in [0.5, 0.6) is 5.75 Å². The smallest absolute Gasteiger partial charge is 0.341 e. The van der Waals surface area contributed by atoms with E-state index in [9.17, 15) is 9.59 Å². The van der Waals surface area contributed by atoms with Crippen molar-refractivity contribution in [2.24, 2.45) is 5.92 Å². The topological polar surface area (TPSA) is 75.6 Å². The molecule has 0 saturated carbocycles. The lowest BCUT2D eigenvalue weighted by Gasteiger charge is -2.12. The maximum atomic E-state index is 11.9. The van der Waals surface area contributed by atoms with Crippen molar-refractivity contribution < 1.29 is 19.4 Å². The number of carboxylic acid groups (broad SMARTS) is 1. The highest BCUT2D eigenvalue weighted by molar-refractivity contribution is 5.92. The molecule has 0 saturated heterocycles. The molecule has 5 heteroatoms. The van der Waals surface area contributed by atoms with Crippen LogP contribution in [0.3, 0.4) is 0 Å². The lowest BCUT2D eigenvalue weighted by molar-refractivity contribution is -0.139. The summed E-state index contributed by atoms with van der Waals surface area (Å²) in [4.78, 5) is 22.2. The van der Waals surface area contributed by atoms with Crippen molar-refractivity contribution in [3.8, 4) is 5.75 Å². The molecule has 2 N–H and O–H groups in total. The highest BCUT2D eigenvalue weighted by Gasteiger charge is 2.12. The zero-order valence-electron chi connectivity index (χ0n) is 11.7. The lowest BCUT2D eigenvalue weighted by Crippen LogP contribution is -2.20. The van der Waals surface area contributed by atoms with Gasteiger partial charge in [0.2, 0.25) is 5.91 Å². The fraction of sp³-hybridized carbons (Fsp3) is 0.333. The summed E-state index contributed by atoms with van der Waals surface area (Å²) in [7, 11) is 0. The number of nitrogens with one attached hydrogen (secondary N) is 1. The molecule has 0 fully saturated rings. The number of allylic oxidation sites excluding steroid dienone is 1. The van der Waals surface area contributed by atoms with Crippen LogP contribution >= 0.6 is 0 Å². The monoisotopic (exact) mass is 277 g/mol. The Hall–Kier alpha value is -2.30. The predicted octanol–water partition coefficient (Wildman–Crippen LogP) is 2.69. The first-order chi connectivity index (χ1) is 9.38. The Morgan fingerprint density at radius 1 is 1.35 bits per heavy atom. The van der Waals surface area contributed by atoms with Crippen LogP contribution < -0.4 is 10.1 Å². The number of hydrogen-bond acceptors (Lipinski definition) is 3. The maximum absolute atomic E-state index is 11.9. The van der Waals surface area contributed by atoms with Crippen molar-refractivity contribution in [1.82, 2.24) is 0 Å². The fourth-order valence-electron chi connectivity index (χ4n) is 1.66. The van der Waals surface area contributed by atoms with Crippen molar-refractivity contribution in [2.75, 3.05) is 11.9 Å². The van der Waals surface area contributed by atoms with Gasteiger partial charge in [0.05, 0.1) is 0 Å². The van der Waals surface area contributed by atoms with Crippen LogP contribution in [0.25, 0.3) is 0 Å². The number of ether oxygens (including phenoxy) is 1. The summed E-state index contributed by atoms with van der Waals surface area (Å²) in [5, 5.41) is 11.3. The molecule has 0 heterocycles. The third-order valence-electron chi connectivity index (χ3n) is 2.59. The highest BCUT2D eigenvalue weighted by Crippen LogP contribution is 2.17. The Morgan fingerprint density at radius 2 is 1.95 bits per heavy atom. The summed E-state index contributed by atoms with van der Waals surface area (Å²) >= 11 is 0. The van der Waals surface area contributed by atoms with Crippen LogP contribution in [0, 0.1) is 5.92 Å². The molecule has 0 bridgehead atoms. The van der Waals surface area contributed by atoms with E-state index < -0.39 is 5.97 Å². The van der Waals surface area contributed by atoms with Crippen LogP contribution in [-0.2, 0) is 9.59 Å². The van der Waals surface area contributed by atoms with E-state index in [1.807, 2.05) is 13.8 Å². The van der Waals surface area contributed by atoms with Gasteiger partial charge in [0.25, 0.3) is 0 Å². The van der Waals surface area contributed by atoms with Gasteiger partial charge in [-0.15, -0.1) is 6.58 Å². The van der Waals surface area contributed by atoms with Crippen LogP contribution in [0.1, 0.15) is 20.3 Å². The molecule has 0 aliphatic heterocycles. The first-order valence-corrected chi connectivity index (χ1v) is 6.28. The second-order valence-corrected chi connectivity index (χ2v) is 4.76. The Bertz CT molecular complexity index is 493. The van der Waals surface area contributed by atoms with E-state index in [0.717, 1.165) is 5.57 Å². The highest BCUT2D eigenvalue weighted by atomic mass is 16.5. The third-order valence-corrected chi connectivity index (χ3v) is 2.59. The van der Waals surface area contributed by atoms with E-state index in [4.69, 9.17) is 9.84 Å². The molecule has 5 nitrogen and oxygen atoms in total.